The van der Waals surface area contributed by atoms with Crippen LogP contribution >= 0.6 is 0 Å². The molecule has 3 rings (SSSR count). The average Bonchev–Trinajstić information content (AvgIpc) is 3.14. The molecule has 1 unspecified atom stereocenters. The van der Waals surface area contributed by atoms with Crippen LogP contribution in [-0.2, 0) is 16.1 Å². The fourth-order valence-corrected chi connectivity index (χ4v) is 3.09. The molecule has 9 heteroatoms. The third kappa shape index (κ3) is 5.80. The first kappa shape index (κ1) is 24.5. The molecule has 0 aliphatic heterocycles. The lowest BCUT2D eigenvalue weighted by molar-refractivity contribution is -0.123. The van der Waals surface area contributed by atoms with E-state index in [1.807, 2.05) is 6.92 Å². The molecule has 1 atom stereocenters. The lowest BCUT2D eigenvalue weighted by Gasteiger charge is -2.15. The molecule has 1 N–H and O–H groups in total. The number of amides is 1. The number of nitrogens with one attached hydrogen (secondary N) is 1. The summed E-state index contributed by atoms with van der Waals surface area (Å²) in [7, 11) is 1.46. The number of nitrogens with zero attached hydrogens (tertiary/aromatic N) is 1. The van der Waals surface area contributed by atoms with Crippen LogP contribution in [0.5, 0.6) is 11.5 Å². The summed E-state index contributed by atoms with van der Waals surface area (Å²) >= 11 is 0. The van der Waals surface area contributed by atoms with Crippen molar-refractivity contribution in [3.63, 3.8) is 0 Å². The Kier molecular flexibility index (Phi) is 7.68. The van der Waals surface area contributed by atoms with E-state index >= 15 is 0 Å². The van der Waals surface area contributed by atoms with Crippen LogP contribution in [0.2, 0.25) is 0 Å². The number of aryl methyl sites for hydroxylation is 2. The van der Waals surface area contributed by atoms with Crippen molar-refractivity contribution in [3.05, 3.63) is 70.6 Å². The average molecular weight is 466 g/mol. The van der Waals surface area contributed by atoms with Crippen molar-refractivity contribution in [1.29, 1.82) is 0 Å². The molecule has 1 amide bonds. The quantitative estimate of drug-likeness (QED) is 0.367. The summed E-state index contributed by atoms with van der Waals surface area (Å²) in [5.41, 5.74) is 2.79. The lowest BCUT2D eigenvalue weighted by atomic mass is 10.1. The van der Waals surface area contributed by atoms with Gasteiger partial charge in [0.2, 0.25) is 0 Å². The summed E-state index contributed by atoms with van der Waals surface area (Å²) in [5, 5.41) is 6.54. The van der Waals surface area contributed by atoms with E-state index in [0.717, 1.165) is 11.3 Å². The minimum Gasteiger partial charge on any atom is -0.493 e. The SMILES string of the molecule is COc1cc(C(=O)OC(C)C(=O)Nc2ccc(C(C)=O)cc2)ccc1OCc1c(C)noc1C. The van der Waals surface area contributed by atoms with Gasteiger partial charge in [-0.15, -0.1) is 0 Å². The number of carbonyl (C=O) groups excluding carboxylic acids is 3. The summed E-state index contributed by atoms with van der Waals surface area (Å²) in [5.74, 6) is 0.164. The number of hydrogen-bond acceptors (Lipinski definition) is 8. The van der Waals surface area contributed by atoms with E-state index in [9.17, 15) is 14.4 Å². The van der Waals surface area contributed by atoms with Gasteiger partial charge in [0.1, 0.15) is 12.4 Å². The van der Waals surface area contributed by atoms with Crippen molar-refractivity contribution in [2.24, 2.45) is 0 Å². The van der Waals surface area contributed by atoms with Crippen LogP contribution in [-0.4, -0.2) is 36.0 Å². The highest BCUT2D eigenvalue weighted by Gasteiger charge is 2.21. The number of carbonyl (C=O) groups is 3. The van der Waals surface area contributed by atoms with Gasteiger partial charge in [0, 0.05) is 11.3 Å². The molecule has 1 heterocycles. The predicted molar refractivity (Wildman–Crippen MR) is 123 cm³/mol. The molecule has 3 aromatic rings. The second kappa shape index (κ2) is 10.7. The Morgan fingerprint density at radius 3 is 2.29 bits per heavy atom. The minimum absolute atomic E-state index is 0.0734. The number of Topliss-reactive ketones (excluding diaryl/α,β-unsaturated/α-hetero) is 1. The molecule has 34 heavy (non-hydrogen) atoms. The van der Waals surface area contributed by atoms with Gasteiger partial charge in [0.05, 0.1) is 23.9 Å². The predicted octanol–water partition coefficient (Wildman–Crippen LogP) is 4.27. The summed E-state index contributed by atoms with van der Waals surface area (Å²) in [6.07, 6.45) is -1.05. The summed E-state index contributed by atoms with van der Waals surface area (Å²) in [6.45, 7) is 6.78. The fraction of sp³-hybridized carbons (Fsp3) is 0.280. The third-order valence-electron chi connectivity index (χ3n) is 5.16. The Labute approximate surface area is 197 Å². The first-order chi connectivity index (χ1) is 16.2. The second-order valence-corrected chi connectivity index (χ2v) is 7.63. The molecule has 0 aliphatic carbocycles. The first-order valence-electron chi connectivity index (χ1n) is 10.5. The van der Waals surface area contributed by atoms with Gasteiger partial charge in [0.15, 0.2) is 23.4 Å². The van der Waals surface area contributed by atoms with Gasteiger partial charge in [-0.2, -0.15) is 0 Å². The van der Waals surface area contributed by atoms with Crippen LogP contribution < -0.4 is 14.8 Å². The molecule has 0 fully saturated rings. The molecule has 0 radical (unpaired) electrons. The highest BCUT2D eigenvalue weighted by Crippen LogP contribution is 2.30. The van der Waals surface area contributed by atoms with Crippen LogP contribution in [0.25, 0.3) is 0 Å². The third-order valence-corrected chi connectivity index (χ3v) is 5.16. The molecular weight excluding hydrogens is 440 g/mol. The van der Waals surface area contributed by atoms with E-state index in [4.69, 9.17) is 18.7 Å². The number of ketones is 1. The maximum Gasteiger partial charge on any atom is 0.339 e. The molecule has 2 aromatic carbocycles. The Hall–Kier alpha value is -4.14. The van der Waals surface area contributed by atoms with Crippen LogP contribution in [0.1, 0.15) is 51.6 Å². The van der Waals surface area contributed by atoms with E-state index in [2.05, 4.69) is 10.5 Å². The summed E-state index contributed by atoms with van der Waals surface area (Å²) in [4.78, 5) is 36.4. The fourth-order valence-electron chi connectivity index (χ4n) is 3.09. The number of esters is 1. The highest BCUT2D eigenvalue weighted by molar-refractivity contribution is 5.98. The summed E-state index contributed by atoms with van der Waals surface area (Å²) in [6, 6.07) is 11.0. The Morgan fingerprint density at radius 2 is 1.71 bits per heavy atom. The van der Waals surface area contributed by atoms with Crippen LogP contribution in [0.4, 0.5) is 5.69 Å². The van der Waals surface area contributed by atoms with Crippen LogP contribution in [0.3, 0.4) is 0 Å². The maximum atomic E-state index is 12.6. The number of anilines is 1. The van der Waals surface area contributed by atoms with Gasteiger partial charge in [0.25, 0.3) is 5.91 Å². The molecule has 178 valence electrons. The van der Waals surface area contributed by atoms with E-state index < -0.39 is 18.0 Å². The van der Waals surface area contributed by atoms with Gasteiger partial charge in [-0.1, -0.05) is 5.16 Å². The van der Waals surface area contributed by atoms with E-state index in [1.165, 1.54) is 33.1 Å². The molecule has 0 saturated heterocycles. The zero-order chi connectivity index (χ0) is 24.8. The monoisotopic (exact) mass is 466 g/mol. The number of methoxy groups -OCH3 is 1. The number of aromatic nitrogens is 1. The standard InChI is InChI=1S/C25H26N2O7/c1-14-21(16(3)34-27-14)13-32-22-11-8-19(12-23(22)31-5)25(30)33-17(4)24(29)26-20-9-6-18(7-10-20)15(2)28/h6-12,17H,13H2,1-5H3,(H,26,29). The molecule has 0 spiro atoms. The smallest absolute Gasteiger partial charge is 0.339 e. The van der Waals surface area contributed by atoms with Crippen molar-refractivity contribution in [3.8, 4) is 11.5 Å². The zero-order valence-electron chi connectivity index (χ0n) is 19.6. The van der Waals surface area contributed by atoms with Crippen molar-refractivity contribution in [1.82, 2.24) is 5.16 Å². The van der Waals surface area contributed by atoms with E-state index in [-0.39, 0.29) is 18.0 Å². The molecule has 0 bridgehead atoms. The molecule has 0 aliphatic rings. The summed E-state index contributed by atoms with van der Waals surface area (Å²) < 4.78 is 21.6. The van der Waals surface area contributed by atoms with Gasteiger partial charge in [-0.25, -0.2) is 4.79 Å². The van der Waals surface area contributed by atoms with Crippen molar-refractivity contribution in [2.75, 3.05) is 12.4 Å². The highest BCUT2D eigenvalue weighted by atomic mass is 16.5. The van der Waals surface area contributed by atoms with E-state index in [0.29, 0.717) is 28.5 Å². The van der Waals surface area contributed by atoms with Crippen molar-refractivity contribution >= 4 is 23.3 Å². The first-order valence-corrected chi connectivity index (χ1v) is 10.5. The van der Waals surface area contributed by atoms with Crippen LogP contribution in [0.15, 0.2) is 47.0 Å². The van der Waals surface area contributed by atoms with Gasteiger partial charge in [-0.05, 0) is 70.2 Å². The minimum atomic E-state index is -1.05. The Bertz CT molecular complexity index is 1180. The van der Waals surface area contributed by atoms with Crippen LogP contribution in [0, 0.1) is 13.8 Å². The van der Waals surface area contributed by atoms with Crippen molar-refractivity contribution in [2.45, 2.75) is 40.4 Å². The second-order valence-electron chi connectivity index (χ2n) is 7.63. The van der Waals surface area contributed by atoms with Gasteiger partial charge in [-0.3, -0.25) is 9.59 Å². The van der Waals surface area contributed by atoms with E-state index in [1.54, 1.807) is 37.3 Å². The largest absolute Gasteiger partial charge is 0.493 e. The van der Waals surface area contributed by atoms with Gasteiger partial charge >= 0.3 is 5.97 Å². The lowest BCUT2D eigenvalue weighted by Crippen LogP contribution is -2.30. The number of hydrogen-bond donors (Lipinski definition) is 1. The normalized spacial score (nSPS) is 11.4. The number of ether oxygens (including phenoxy) is 3. The van der Waals surface area contributed by atoms with Gasteiger partial charge < -0.3 is 24.1 Å². The molecule has 0 saturated carbocycles. The maximum absolute atomic E-state index is 12.6. The molecular formula is C25H26N2O7. The molecule has 1 aromatic heterocycles. The number of benzene rings is 2. The zero-order valence-corrected chi connectivity index (χ0v) is 19.6. The van der Waals surface area contributed by atoms with Crippen molar-refractivity contribution < 1.29 is 33.1 Å². The Balaban J connectivity index is 1.62. The molecule has 9 nitrogen and oxygen atoms in total. The Morgan fingerprint density at radius 1 is 1.03 bits per heavy atom. The topological polar surface area (TPSA) is 117 Å². The number of rotatable bonds is 9.